The molecular formula is C25H25N5O3. The summed E-state index contributed by atoms with van der Waals surface area (Å²) in [5.41, 5.74) is 6.06. The number of nitrogens with one attached hydrogen (secondary N) is 2. The van der Waals surface area contributed by atoms with E-state index in [2.05, 4.69) is 25.5 Å². The largest absolute Gasteiger partial charge is 0.412 e. The molecule has 0 spiro atoms. The van der Waals surface area contributed by atoms with Crippen LogP contribution >= 0.6 is 0 Å². The van der Waals surface area contributed by atoms with E-state index in [0.29, 0.717) is 18.8 Å². The highest BCUT2D eigenvalue weighted by Gasteiger charge is 2.17. The van der Waals surface area contributed by atoms with Crippen molar-refractivity contribution in [3.05, 3.63) is 78.8 Å². The molecule has 1 aromatic carbocycles. The van der Waals surface area contributed by atoms with E-state index in [1.54, 1.807) is 18.6 Å². The van der Waals surface area contributed by atoms with Crippen LogP contribution < -0.4 is 5.32 Å². The molecule has 4 aromatic rings. The number of H-pyrrole nitrogens is 1. The third-order valence-electron chi connectivity index (χ3n) is 5.63. The number of ether oxygens (including phenoxy) is 1. The van der Waals surface area contributed by atoms with E-state index >= 15 is 0 Å². The molecule has 3 aromatic heterocycles. The molecule has 1 aliphatic heterocycles. The van der Waals surface area contributed by atoms with Crippen molar-refractivity contribution < 1.29 is 15.0 Å². The molecule has 1 saturated heterocycles. The van der Waals surface area contributed by atoms with Gasteiger partial charge in [0, 0.05) is 48.3 Å². The smallest absolute Gasteiger partial charge is 0.251 e. The molecular weight excluding hydrogens is 418 g/mol. The molecule has 168 valence electrons. The van der Waals surface area contributed by atoms with Gasteiger partial charge in [-0.2, -0.15) is 5.10 Å². The van der Waals surface area contributed by atoms with Crippen LogP contribution in [0.3, 0.4) is 0 Å². The maximum Gasteiger partial charge on any atom is 0.251 e. The van der Waals surface area contributed by atoms with Crippen molar-refractivity contribution in [2.24, 2.45) is 0 Å². The van der Waals surface area contributed by atoms with Crippen LogP contribution in [-0.2, 0) is 4.74 Å². The molecule has 0 radical (unpaired) electrons. The Bertz CT molecular complexity index is 1200. The molecule has 8 heteroatoms. The van der Waals surface area contributed by atoms with E-state index < -0.39 is 0 Å². The Morgan fingerprint density at radius 1 is 0.939 bits per heavy atom. The van der Waals surface area contributed by atoms with Crippen LogP contribution in [0.5, 0.6) is 0 Å². The van der Waals surface area contributed by atoms with Gasteiger partial charge in [0.05, 0.1) is 23.3 Å². The minimum Gasteiger partial charge on any atom is -0.412 e. The van der Waals surface area contributed by atoms with E-state index in [9.17, 15) is 4.79 Å². The van der Waals surface area contributed by atoms with Crippen molar-refractivity contribution in [1.29, 1.82) is 0 Å². The molecule has 4 N–H and O–H groups in total. The Balaban J connectivity index is 0.00000259. The van der Waals surface area contributed by atoms with Crippen molar-refractivity contribution in [3.8, 4) is 33.8 Å². The lowest BCUT2D eigenvalue weighted by Gasteiger charge is -2.23. The van der Waals surface area contributed by atoms with Crippen molar-refractivity contribution >= 4 is 5.91 Å². The average molecular weight is 444 g/mol. The van der Waals surface area contributed by atoms with E-state index in [1.807, 2.05) is 54.6 Å². The first-order valence-electron chi connectivity index (χ1n) is 10.7. The van der Waals surface area contributed by atoms with Crippen molar-refractivity contribution in [2.45, 2.75) is 18.9 Å². The first-order chi connectivity index (χ1) is 15.8. The van der Waals surface area contributed by atoms with Gasteiger partial charge in [0.2, 0.25) is 0 Å². The lowest BCUT2D eigenvalue weighted by molar-refractivity contribution is 0.0696. The van der Waals surface area contributed by atoms with Crippen LogP contribution in [0.2, 0.25) is 0 Å². The number of amides is 1. The first-order valence-corrected chi connectivity index (χ1v) is 10.7. The van der Waals surface area contributed by atoms with Crippen LogP contribution in [0.1, 0.15) is 23.2 Å². The lowest BCUT2D eigenvalue weighted by atomic mass is 10.0. The molecule has 0 saturated carbocycles. The van der Waals surface area contributed by atoms with Gasteiger partial charge in [0.15, 0.2) is 0 Å². The number of aromatic nitrogens is 4. The quantitative estimate of drug-likeness (QED) is 0.490. The Labute approximate surface area is 191 Å². The first kappa shape index (κ1) is 22.3. The maximum absolute atomic E-state index is 12.6. The Morgan fingerprint density at radius 3 is 2.48 bits per heavy atom. The summed E-state index contributed by atoms with van der Waals surface area (Å²) >= 11 is 0. The fraction of sp³-hybridized carbons (Fsp3) is 0.200. The van der Waals surface area contributed by atoms with Crippen LogP contribution in [0.25, 0.3) is 33.8 Å². The third kappa shape index (κ3) is 4.97. The Kier molecular flexibility index (Phi) is 6.87. The second kappa shape index (κ2) is 10.2. The predicted octanol–water partition coefficient (Wildman–Crippen LogP) is 3.28. The van der Waals surface area contributed by atoms with Crippen LogP contribution in [0, 0.1) is 0 Å². The van der Waals surface area contributed by atoms with Crippen molar-refractivity contribution in [2.75, 3.05) is 13.2 Å². The van der Waals surface area contributed by atoms with Gasteiger partial charge in [-0.3, -0.25) is 19.9 Å². The van der Waals surface area contributed by atoms with Crippen LogP contribution in [0.15, 0.2) is 73.2 Å². The second-order valence-electron chi connectivity index (χ2n) is 7.74. The summed E-state index contributed by atoms with van der Waals surface area (Å²) < 4.78 is 5.35. The van der Waals surface area contributed by atoms with Gasteiger partial charge in [0.1, 0.15) is 0 Å². The molecule has 33 heavy (non-hydrogen) atoms. The molecule has 1 aliphatic rings. The molecule has 0 unspecified atom stereocenters. The number of carbonyl (C=O) groups excluding carboxylic acids is 1. The molecule has 1 fully saturated rings. The van der Waals surface area contributed by atoms with E-state index in [-0.39, 0.29) is 17.4 Å². The summed E-state index contributed by atoms with van der Waals surface area (Å²) in [6.45, 7) is 1.40. The number of hydrogen-bond donors (Lipinski definition) is 2. The van der Waals surface area contributed by atoms with Gasteiger partial charge in [-0.15, -0.1) is 0 Å². The Hall–Kier alpha value is -3.88. The highest BCUT2D eigenvalue weighted by Crippen LogP contribution is 2.31. The fourth-order valence-electron chi connectivity index (χ4n) is 3.87. The van der Waals surface area contributed by atoms with Gasteiger partial charge < -0.3 is 15.5 Å². The zero-order chi connectivity index (χ0) is 21.8. The predicted molar refractivity (Wildman–Crippen MR) is 125 cm³/mol. The third-order valence-corrected chi connectivity index (χ3v) is 5.63. The molecule has 5 rings (SSSR count). The van der Waals surface area contributed by atoms with E-state index in [0.717, 1.165) is 46.6 Å². The van der Waals surface area contributed by atoms with Crippen LogP contribution in [0.4, 0.5) is 0 Å². The molecule has 0 aliphatic carbocycles. The minimum atomic E-state index is -0.0523. The number of hydrogen-bond acceptors (Lipinski definition) is 5. The monoisotopic (exact) mass is 443 g/mol. The average Bonchev–Trinajstić information content (AvgIpc) is 3.36. The fourth-order valence-corrected chi connectivity index (χ4v) is 3.87. The van der Waals surface area contributed by atoms with Gasteiger partial charge in [-0.05, 0) is 54.8 Å². The molecule has 1 amide bonds. The zero-order valence-corrected chi connectivity index (χ0v) is 18.0. The van der Waals surface area contributed by atoms with Crippen molar-refractivity contribution in [3.63, 3.8) is 0 Å². The lowest BCUT2D eigenvalue weighted by Crippen LogP contribution is -2.38. The second-order valence-corrected chi connectivity index (χ2v) is 7.74. The molecule has 4 heterocycles. The van der Waals surface area contributed by atoms with Gasteiger partial charge in [-0.1, -0.05) is 18.2 Å². The normalized spacial score (nSPS) is 13.8. The summed E-state index contributed by atoms with van der Waals surface area (Å²) in [5.74, 6) is -0.0523. The summed E-state index contributed by atoms with van der Waals surface area (Å²) in [7, 11) is 0. The summed E-state index contributed by atoms with van der Waals surface area (Å²) in [6.07, 6.45) is 7.06. The summed E-state index contributed by atoms with van der Waals surface area (Å²) in [5, 5.41) is 10.4. The zero-order valence-electron chi connectivity index (χ0n) is 18.0. The topological polar surface area (TPSA) is 124 Å². The number of pyridine rings is 2. The van der Waals surface area contributed by atoms with Gasteiger partial charge >= 0.3 is 0 Å². The van der Waals surface area contributed by atoms with Crippen molar-refractivity contribution in [1.82, 2.24) is 25.5 Å². The van der Waals surface area contributed by atoms with Crippen LogP contribution in [-0.4, -0.2) is 50.8 Å². The number of rotatable bonds is 5. The highest BCUT2D eigenvalue weighted by atomic mass is 16.5. The summed E-state index contributed by atoms with van der Waals surface area (Å²) in [4.78, 5) is 21.5. The van der Waals surface area contributed by atoms with Gasteiger partial charge in [-0.25, -0.2) is 0 Å². The standard InChI is InChI=1S/C25H23N5O2.H2O/c31-25(29-20-9-13-32-14-10-20)18-6-4-17(5-7-18)23-15-19(8-12-27-23)21-16-28-30-24(21)22-3-1-2-11-26-22;/h1-8,11-12,15-16,20H,9-10,13-14H2,(H,28,30)(H,29,31);1H2. The Morgan fingerprint density at radius 2 is 1.73 bits per heavy atom. The SMILES string of the molecule is O.O=C(NC1CCOCC1)c1ccc(-c2cc(-c3cn[nH]c3-c3ccccn3)ccn2)cc1. The summed E-state index contributed by atoms with van der Waals surface area (Å²) in [6, 6.07) is 17.5. The molecule has 0 bridgehead atoms. The minimum absolute atomic E-state index is 0. The number of nitrogens with zero attached hydrogens (tertiary/aromatic N) is 3. The number of aromatic amines is 1. The molecule has 8 nitrogen and oxygen atoms in total. The van der Waals surface area contributed by atoms with E-state index in [4.69, 9.17) is 4.74 Å². The number of benzene rings is 1. The maximum atomic E-state index is 12.6. The number of carbonyl (C=O) groups is 1. The van der Waals surface area contributed by atoms with E-state index in [1.165, 1.54) is 0 Å². The van der Waals surface area contributed by atoms with Gasteiger partial charge in [0.25, 0.3) is 5.91 Å². The highest BCUT2D eigenvalue weighted by molar-refractivity contribution is 5.95. The molecule has 0 atom stereocenters.